The fourth-order valence-corrected chi connectivity index (χ4v) is 3.62. The molecule has 0 aromatic rings. The van der Waals surface area contributed by atoms with Gasteiger partial charge in [0.15, 0.2) is 0 Å². The summed E-state index contributed by atoms with van der Waals surface area (Å²) in [6.07, 6.45) is 10.1. The van der Waals surface area contributed by atoms with Crippen molar-refractivity contribution in [3.05, 3.63) is 0 Å². The summed E-state index contributed by atoms with van der Waals surface area (Å²) in [5.41, 5.74) is 0. The molecule has 1 heterocycles. The molecule has 22 heavy (non-hydrogen) atoms. The van der Waals surface area contributed by atoms with Crippen LogP contribution in [0.2, 0.25) is 0 Å². The molecular weight excluding hydrogens is 278 g/mol. The Morgan fingerprint density at radius 3 is 2.09 bits per heavy atom. The Balaban J connectivity index is 1.32. The first-order valence-electron chi connectivity index (χ1n) is 9.03. The molecule has 0 bridgehead atoms. The molecule has 1 saturated heterocycles. The fraction of sp³-hybridized carbons (Fsp3) is 0.882. The number of hydrogen-bond donors (Lipinski definition) is 2. The second-order valence-electron chi connectivity index (χ2n) is 7.24. The van der Waals surface area contributed by atoms with Crippen LogP contribution < -0.4 is 10.6 Å². The van der Waals surface area contributed by atoms with E-state index in [0.717, 1.165) is 51.6 Å². The highest BCUT2D eigenvalue weighted by atomic mass is 16.2. The minimum absolute atomic E-state index is 0.173. The molecule has 0 spiro atoms. The number of hydrogen-bond acceptors (Lipinski definition) is 3. The molecule has 1 aliphatic heterocycles. The molecule has 2 aliphatic carbocycles. The average Bonchev–Trinajstić information content (AvgIpc) is 3.35. The van der Waals surface area contributed by atoms with Gasteiger partial charge in [-0.25, -0.2) is 0 Å². The third-order valence-corrected chi connectivity index (χ3v) is 5.22. The quantitative estimate of drug-likeness (QED) is 0.807. The van der Waals surface area contributed by atoms with Gasteiger partial charge in [-0.1, -0.05) is 19.3 Å². The molecule has 5 heteroatoms. The van der Waals surface area contributed by atoms with E-state index < -0.39 is 0 Å². The van der Waals surface area contributed by atoms with Crippen molar-refractivity contribution in [3.63, 3.8) is 0 Å². The Labute approximate surface area is 133 Å². The summed E-state index contributed by atoms with van der Waals surface area (Å²) in [5.74, 6) is 0.708. The van der Waals surface area contributed by atoms with E-state index in [2.05, 4.69) is 15.5 Å². The standard InChI is InChI=1S/C17H29N3O2/c21-16(18-14-4-2-1-3-5-14)12-20-10-8-15(9-11-20)19-17(22)13-6-7-13/h13-15H,1-12H2,(H,18,21)(H,19,22). The summed E-state index contributed by atoms with van der Waals surface area (Å²) in [7, 11) is 0. The van der Waals surface area contributed by atoms with Crippen molar-refractivity contribution in [2.24, 2.45) is 5.92 Å². The van der Waals surface area contributed by atoms with Gasteiger partial charge in [0, 0.05) is 31.1 Å². The van der Waals surface area contributed by atoms with Crippen molar-refractivity contribution in [2.75, 3.05) is 19.6 Å². The Morgan fingerprint density at radius 1 is 0.818 bits per heavy atom. The molecule has 3 rings (SSSR count). The number of carbonyl (C=O) groups excluding carboxylic acids is 2. The van der Waals surface area contributed by atoms with E-state index in [-0.39, 0.29) is 11.8 Å². The summed E-state index contributed by atoms with van der Waals surface area (Å²) < 4.78 is 0. The lowest BCUT2D eigenvalue weighted by Gasteiger charge is -2.32. The SMILES string of the molecule is O=C(CN1CCC(NC(=O)C2CC2)CC1)NC1CCCCC1. The third kappa shape index (κ3) is 4.70. The molecule has 2 N–H and O–H groups in total. The van der Waals surface area contributed by atoms with E-state index in [0.29, 0.717) is 24.5 Å². The number of rotatable bonds is 5. The van der Waals surface area contributed by atoms with Gasteiger partial charge in [-0.2, -0.15) is 0 Å². The number of carbonyl (C=O) groups is 2. The van der Waals surface area contributed by atoms with Crippen LogP contribution in [0, 0.1) is 5.92 Å². The van der Waals surface area contributed by atoms with Gasteiger partial charge in [0.05, 0.1) is 6.54 Å². The first kappa shape index (κ1) is 15.8. The molecule has 2 amide bonds. The Kier molecular flexibility index (Phi) is 5.34. The first-order valence-corrected chi connectivity index (χ1v) is 9.03. The van der Waals surface area contributed by atoms with Crippen LogP contribution in [0.4, 0.5) is 0 Å². The molecule has 5 nitrogen and oxygen atoms in total. The lowest BCUT2D eigenvalue weighted by Crippen LogP contribution is -2.49. The van der Waals surface area contributed by atoms with Crippen LogP contribution in [0.3, 0.4) is 0 Å². The van der Waals surface area contributed by atoms with Gasteiger partial charge in [0.2, 0.25) is 11.8 Å². The summed E-state index contributed by atoms with van der Waals surface area (Å²) in [4.78, 5) is 26.1. The van der Waals surface area contributed by atoms with Crippen LogP contribution in [-0.2, 0) is 9.59 Å². The van der Waals surface area contributed by atoms with Crippen LogP contribution in [0.15, 0.2) is 0 Å². The summed E-state index contributed by atoms with van der Waals surface area (Å²) >= 11 is 0. The van der Waals surface area contributed by atoms with Crippen LogP contribution >= 0.6 is 0 Å². The molecule has 0 aromatic carbocycles. The molecule has 0 aromatic heterocycles. The van der Waals surface area contributed by atoms with Gasteiger partial charge in [0.1, 0.15) is 0 Å². The molecule has 3 aliphatic rings. The lowest BCUT2D eigenvalue weighted by atomic mass is 9.95. The predicted octanol–water partition coefficient (Wildman–Crippen LogP) is 1.43. The highest BCUT2D eigenvalue weighted by Gasteiger charge is 2.32. The maximum Gasteiger partial charge on any atom is 0.234 e. The largest absolute Gasteiger partial charge is 0.353 e. The normalized spacial score (nSPS) is 24.9. The third-order valence-electron chi connectivity index (χ3n) is 5.22. The number of nitrogens with zero attached hydrogens (tertiary/aromatic N) is 1. The van der Waals surface area contributed by atoms with Gasteiger partial charge >= 0.3 is 0 Å². The van der Waals surface area contributed by atoms with E-state index in [1.165, 1.54) is 19.3 Å². The minimum atomic E-state index is 0.173. The van der Waals surface area contributed by atoms with Crippen molar-refractivity contribution < 1.29 is 9.59 Å². The zero-order chi connectivity index (χ0) is 15.4. The van der Waals surface area contributed by atoms with E-state index in [1.807, 2.05) is 0 Å². The van der Waals surface area contributed by atoms with Crippen LogP contribution in [0.25, 0.3) is 0 Å². The maximum absolute atomic E-state index is 12.1. The van der Waals surface area contributed by atoms with Gasteiger partial charge in [-0.3, -0.25) is 14.5 Å². The first-order chi connectivity index (χ1) is 10.7. The van der Waals surface area contributed by atoms with Crippen LogP contribution in [-0.4, -0.2) is 48.4 Å². The van der Waals surface area contributed by atoms with Gasteiger partial charge in [-0.05, 0) is 38.5 Å². The Bertz CT molecular complexity index is 395. The lowest BCUT2D eigenvalue weighted by molar-refractivity contribution is -0.125. The van der Waals surface area contributed by atoms with Crippen molar-refractivity contribution >= 4 is 11.8 Å². The number of amides is 2. The maximum atomic E-state index is 12.1. The predicted molar refractivity (Wildman–Crippen MR) is 85.3 cm³/mol. The highest BCUT2D eigenvalue weighted by Crippen LogP contribution is 2.29. The zero-order valence-corrected chi connectivity index (χ0v) is 13.5. The number of nitrogens with one attached hydrogen (secondary N) is 2. The van der Waals surface area contributed by atoms with Crippen LogP contribution in [0.1, 0.15) is 57.8 Å². The molecule has 2 saturated carbocycles. The molecule has 3 fully saturated rings. The summed E-state index contributed by atoms with van der Waals surface area (Å²) in [5, 5.41) is 6.34. The van der Waals surface area contributed by atoms with Gasteiger partial charge in [0.25, 0.3) is 0 Å². The van der Waals surface area contributed by atoms with Crippen LogP contribution in [0.5, 0.6) is 0 Å². The smallest absolute Gasteiger partial charge is 0.234 e. The van der Waals surface area contributed by atoms with E-state index in [9.17, 15) is 9.59 Å². The van der Waals surface area contributed by atoms with E-state index in [4.69, 9.17) is 0 Å². The van der Waals surface area contributed by atoms with Gasteiger partial charge < -0.3 is 10.6 Å². The van der Waals surface area contributed by atoms with Crippen molar-refractivity contribution in [1.29, 1.82) is 0 Å². The molecule has 0 radical (unpaired) electrons. The van der Waals surface area contributed by atoms with E-state index >= 15 is 0 Å². The average molecular weight is 307 g/mol. The summed E-state index contributed by atoms with van der Waals surface area (Å²) in [6, 6.07) is 0.711. The van der Waals surface area contributed by atoms with Gasteiger partial charge in [-0.15, -0.1) is 0 Å². The second-order valence-corrected chi connectivity index (χ2v) is 7.24. The second kappa shape index (κ2) is 7.44. The van der Waals surface area contributed by atoms with Crippen molar-refractivity contribution in [3.8, 4) is 0 Å². The Hall–Kier alpha value is -1.10. The molecule has 124 valence electrons. The summed E-state index contributed by atoms with van der Waals surface area (Å²) in [6.45, 7) is 2.33. The topological polar surface area (TPSA) is 61.4 Å². The molecule has 0 atom stereocenters. The zero-order valence-electron chi connectivity index (χ0n) is 13.5. The minimum Gasteiger partial charge on any atom is -0.353 e. The molecular formula is C17H29N3O2. The van der Waals surface area contributed by atoms with Crippen molar-refractivity contribution in [2.45, 2.75) is 69.9 Å². The van der Waals surface area contributed by atoms with E-state index in [1.54, 1.807) is 0 Å². The Morgan fingerprint density at radius 2 is 1.45 bits per heavy atom. The fourth-order valence-electron chi connectivity index (χ4n) is 3.62. The number of likely N-dealkylation sites (tertiary alicyclic amines) is 1. The number of piperidine rings is 1. The highest BCUT2D eigenvalue weighted by molar-refractivity contribution is 5.81. The van der Waals surface area contributed by atoms with Crippen molar-refractivity contribution in [1.82, 2.24) is 15.5 Å². The monoisotopic (exact) mass is 307 g/mol. The molecule has 0 unspecified atom stereocenters.